The number of guanidine groups is 1. The van der Waals surface area contributed by atoms with Crippen LogP contribution in [0.1, 0.15) is 11.1 Å². The summed E-state index contributed by atoms with van der Waals surface area (Å²) in [5, 5.41) is 9.74. The third kappa shape index (κ3) is 1.84. The summed E-state index contributed by atoms with van der Waals surface area (Å²) in [6, 6.07) is 9.92. The second-order valence-corrected chi connectivity index (χ2v) is 4.83. The highest BCUT2D eigenvalue weighted by Gasteiger charge is 2.49. The van der Waals surface area contributed by atoms with Crippen molar-refractivity contribution in [2.75, 3.05) is 7.05 Å². The molecule has 3 N–H and O–H groups in total. The Hall–Kier alpha value is -2.89. The summed E-state index contributed by atoms with van der Waals surface area (Å²) in [7, 11) is 1.58. The highest BCUT2D eigenvalue weighted by Crippen LogP contribution is 2.39. The van der Waals surface area contributed by atoms with E-state index in [1.54, 1.807) is 49.8 Å². The largest absolute Gasteiger partial charge is 0.508 e. The van der Waals surface area contributed by atoms with E-state index < -0.39 is 5.54 Å². The quantitative estimate of drug-likeness (QED) is 0.853. The lowest BCUT2D eigenvalue weighted by atomic mass is 9.83. The van der Waals surface area contributed by atoms with Gasteiger partial charge < -0.3 is 10.8 Å². The molecule has 2 heterocycles. The number of aliphatic imine (C=N–C) groups is 1. The van der Waals surface area contributed by atoms with Crippen molar-refractivity contribution in [2.24, 2.45) is 10.7 Å². The Kier molecular flexibility index (Phi) is 2.86. The van der Waals surface area contributed by atoms with Gasteiger partial charge in [0.1, 0.15) is 5.75 Å². The number of nitrogens with two attached hydrogens (primary N) is 1. The summed E-state index contributed by atoms with van der Waals surface area (Å²) in [5.74, 6) is -0.0611. The van der Waals surface area contributed by atoms with Gasteiger partial charge in [0, 0.05) is 19.4 Å². The third-order valence-corrected chi connectivity index (χ3v) is 3.60. The highest BCUT2D eigenvalue weighted by atomic mass is 16.3. The molecule has 1 aliphatic rings. The molecule has 106 valence electrons. The first-order chi connectivity index (χ1) is 10.1. The molecular weight excluding hydrogens is 268 g/mol. The number of aromatic nitrogens is 1. The fraction of sp³-hybridized carbons (Fsp3) is 0.133. The minimum absolute atomic E-state index is 0.0667. The van der Waals surface area contributed by atoms with E-state index in [0.717, 1.165) is 0 Å². The summed E-state index contributed by atoms with van der Waals surface area (Å²) in [6.45, 7) is 0. The fourth-order valence-electron chi connectivity index (χ4n) is 2.51. The van der Waals surface area contributed by atoms with Crippen molar-refractivity contribution in [2.45, 2.75) is 5.54 Å². The fourth-order valence-corrected chi connectivity index (χ4v) is 2.51. The predicted molar refractivity (Wildman–Crippen MR) is 77.5 cm³/mol. The zero-order valence-corrected chi connectivity index (χ0v) is 11.4. The Labute approximate surface area is 121 Å². The van der Waals surface area contributed by atoms with Crippen LogP contribution < -0.4 is 5.73 Å². The molecule has 0 radical (unpaired) electrons. The van der Waals surface area contributed by atoms with Crippen LogP contribution in [0.2, 0.25) is 0 Å². The number of aromatic hydroxyl groups is 1. The van der Waals surface area contributed by atoms with Gasteiger partial charge in [-0.05, 0) is 35.4 Å². The van der Waals surface area contributed by atoms with Crippen molar-refractivity contribution >= 4 is 11.9 Å². The van der Waals surface area contributed by atoms with Gasteiger partial charge in [-0.2, -0.15) is 0 Å². The molecule has 1 atom stereocenters. The first-order valence-corrected chi connectivity index (χ1v) is 6.39. The summed E-state index contributed by atoms with van der Waals surface area (Å²) in [6.07, 6.45) is 3.19. The predicted octanol–water partition coefficient (Wildman–Crippen LogP) is 0.818. The topological polar surface area (TPSA) is 91.8 Å². The zero-order valence-electron chi connectivity index (χ0n) is 11.4. The molecule has 0 saturated heterocycles. The van der Waals surface area contributed by atoms with Crippen molar-refractivity contribution in [1.82, 2.24) is 9.88 Å². The second-order valence-electron chi connectivity index (χ2n) is 4.83. The summed E-state index contributed by atoms with van der Waals surface area (Å²) >= 11 is 0. The molecule has 2 aromatic rings. The van der Waals surface area contributed by atoms with Crippen LogP contribution in [-0.2, 0) is 10.3 Å². The first kappa shape index (κ1) is 13.1. The molecule has 0 spiro atoms. The van der Waals surface area contributed by atoms with Gasteiger partial charge in [-0.25, -0.2) is 4.99 Å². The molecule has 6 heteroatoms. The molecular formula is C15H14N4O2. The van der Waals surface area contributed by atoms with Crippen molar-refractivity contribution in [3.8, 4) is 5.75 Å². The van der Waals surface area contributed by atoms with Crippen LogP contribution in [0.25, 0.3) is 0 Å². The van der Waals surface area contributed by atoms with Crippen LogP contribution >= 0.6 is 0 Å². The molecule has 0 saturated carbocycles. The number of carbonyl (C=O) groups excluding carboxylic acids is 1. The van der Waals surface area contributed by atoms with E-state index in [0.29, 0.717) is 11.1 Å². The molecule has 1 aromatic carbocycles. The first-order valence-electron chi connectivity index (χ1n) is 6.39. The Morgan fingerprint density at radius 3 is 2.48 bits per heavy atom. The van der Waals surface area contributed by atoms with E-state index in [1.807, 2.05) is 0 Å². The number of phenols is 1. The van der Waals surface area contributed by atoms with Gasteiger partial charge in [-0.15, -0.1) is 0 Å². The van der Waals surface area contributed by atoms with E-state index in [4.69, 9.17) is 5.73 Å². The number of rotatable bonds is 2. The van der Waals surface area contributed by atoms with E-state index >= 15 is 0 Å². The molecule has 1 aromatic heterocycles. The van der Waals surface area contributed by atoms with Crippen LogP contribution in [0.4, 0.5) is 0 Å². The van der Waals surface area contributed by atoms with Gasteiger partial charge >= 0.3 is 0 Å². The number of hydrogen-bond donors (Lipinski definition) is 2. The minimum Gasteiger partial charge on any atom is -0.508 e. The number of phenolic OH excluding ortho intramolecular Hbond substituents is 1. The molecule has 6 nitrogen and oxygen atoms in total. The Bertz CT molecular complexity index is 729. The van der Waals surface area contributed by atoms with Crippen molar-refractivity contribution in [3.05, 3.63) is 59.9 Å². The average molecular weight is 282 g/mol. The number of nitrogens with zero attached hydrogens (tertiary/aromatic N) is 3. The van der Waals surface area contributed by atoms with Gasteiger partial charge in [-0.3, -0.25) is 14.7 Å². The van der Waals surface area contributed by atoms with Gasteiger partial charge in [0.2, 0.25) is 0 Å². The van der Waals surface area contributed by atoms with Crippen LogP contribution in [-0.4, -0.2) is 33.9 Å². The zero-order chi connectivity index (χ0) is 15.0. The Morgan fingerprint density at radius 1 is 1.19 bits per heavy atom. The van der Waals surface area contributed by atoms with Gasteiger partial charge in [-0.1, -0.05) is 12.1 Å². The minimum atomic E-state index is -1.28. The van der Waals surface area contributed by atoms with Gasteiger partial charge in [0.15, 0.2) is 11.5 Å². The lowest BCUT2D eigenvalue weighted by Gasteiger charge is -2.25. The maximum absolute atomic E-state index is 12.8. The number of pyridine rings is 1. The van der Waals surface area contributed by atoms with Crippen molar-refractivity contribution in [3.63, 3.8) is 0 Å². The van der Waals surface area contributed by atoms with Crippen LogP contribution in [0, 0.1) is 0 Å². The Morgan fingerprint density at radius 2 is 1.90 bits per heavy atom. The Balaban J connectivity index is 2.30. The SMILES string of the molecule is CN1C(=O)C(c2ccncc2)(c2cccc(O)c2)N=C1N. The number of benzene rings is 1. The third-order valence-electron chi connectivity index (χ3n) is 3.60. The van der Waals surface area contributed by atoms with Crippen LogP contribution in [0.15, 0.2) is 53.8 Å². The van der Waals surface area contributed by atoms with Crippen LogP contribution in [0.5, 0.6) is 5.75 Å². The lowest BCUT2D eigenvalue weighted by Crippen LogP contribution is -2.41. The molecule has 0 aliphatic carbocycles. The van der Waals surface area contributed by atoms with Gasteiger partial charge in [0.05, 0.1) is 0 Å². The maximum atomic E-state index is 12.8. The molecule has 1 aliphatic heterocycles. The summed E-state index contributed by atoms with van der Waals surface area (Å²) < 4.78 is 0. The van der Waals surface area contributed by atoms with E-state index in [2.05, 4.69) is 9.98 Å². The molecule has 21 heavy (non-hydrogen) atoms. The highest BCUT2D eigenvalue weighted by molar-refractivity contribution is 6.08. The molecule has 3 rings (SSSR count). The number of carbonyl (C=O) groups is 1. The van der Waals surface area contributed by atoms with Gasteiger partial charge in [0.25, 0.3) is 5.91 Å². The monoisotopic (exact) mass is 282 g/mol. The van der Waals surface area contributed by atoms with E-state index in [1.165, 1.54) is 11.0 Å². The van der Waals surface area contributed by atoms with Crippen molar-refractivity contribution < 1.29 is 9.90 Å². The summed E-state index contributed by atoms with van der Waals surface area (Å²) in [4.78, 5) is 22.5. The lowest BCUT2D eigenvalue weighted by molar-refractivity contribution is -0.129. The smallest absolute Gasteiger partial charge is 0.266 e. The maximum Gasteiger partial charge on any atom is 0.266 e. The van der Waals surface area contributed by atoms with E-state index in [-0.39, 0.29) is 17.6 Å². The standard InChI is InChI=1S/C15H14N4O2/c1-19-13(21)15(18-14(19)16,10-5-7-17-8-6-10)11-3-2-4-12(20)9-11/h2-9,20H,1H3,(H2,16,18). The number of likely N-dealkylation sites (N-methyl/N-ethyl adjacent to an activating group) is 1. The molecule has 0 fully saturated rings. The van der Waals surface area contributed by atoms with Crippen molar-refractivity contribution in [1.29, 1.82) is 0 Å². The number of hydrogen-bond acceptors (Lipinski definition) is 5. The number of amides is 1. The van der Waals surface area contributed by atoms with E-state index in [9.17, 15) is 9.90 Å². The molecule has 1 unspecified atom stereocenters. The molecule has 1 amide bonds. The molecule has 0 bridgehead atoms. The average Bonchev–Trinajstić information content (AvgIpc) is 2.73. The normalized spacial score (nSPS) is 21.5. The second kappa shape index (κ2) is 4.59. The van der Waals surface area contributed by atoms with Crippen LogP contribution in [0.3, 0.4) is 0 Å². The summed E-state index contributed by atoms with van der Waals surface area (Å²) in [5.41, 5.74) is 5.77.